The van der Waals surface area contributed by atoms with Gasteiger partial charge in [-0.15, -0.1) is 0 Å². The van der Waals surface area contributed by atoms with Crippen molar-refractivity contribution < 1.29 is 14.4 Å². The Morgan fingerprint density at radius 1 is 1.13 bits per heavy atom. The van der Waals surface area contributed by atoms with Gasteiger partial charge in [-0.3, -0.25) is 14.4 Å². The van der Waals surface area contributed by atoms with E-state index in [0.717, 1.165) is 17.3 Å². The van der Waals surface area contributed by atoms with Crippen LogP contribution in [0.25, 0.3) is 10.9 Å². The van der Waals surface area contributed by atoms with E-state index in [1.54, 1.807) is 16.0 Å². The number of ketones is 1. The normalized spacial score (nSPS) is 15.0. The number of piperazine rings is 1. The molecule has 1 fully saturated rings. The second-order valence-corrected chi connectivity index (χ2v) is 5.77. The lowest BCUT2D eigenvalue weighted by atomic mass is 10.1. The molecule has 0 saturated carbocycles. The molecule has 0 unspecified atom stereocenters. The molecule has 2 heterocycles. The second kappa shape index (κ2) is 6.24. The van der Waals surface area contributed by atoms with Gasteiger partial charge in [-0.1, -0.05) is 18.2 Å². The molecule has 1 saturated heterocycles. The molecule has 2 aromatic rings. The Kier molecular flexibility index (Phi) is 4.14. The Labute approximate surface area is 134 Å². The van der Waals surface area contributed by atoms with Crippen molar-refractivity contribution >= 4 is 29.0 Å². The van der Waals surface area contributed by atoms with Crippen LogP contribution >= 0.6 is 0 Å². The molecule has 1 aromatic heterocycles. The molecular formula is C17H19N3O3. The highest BCUT2D eigenvalue weighted by molar-refractivity contribution is 6.07. The average Bonchev–Trinajstić information content (AvgIpc) is 2.94. The highest BCUT2D eigenvalue weighted by atomic mass is 16.2. The topological polar surface area (TPSA) is 62.6 Å². The minimum Gasteiger partial charge on any atom is -0.342 e. The fourth-order valence-corrected chi connectivity index (χ4v) is 2.98. The van der Waals surface area contributed by atoms with Gasteiger partial charge in [-0.25, -0.2) is 0 Å². The third-order valence-electron chi connectivity index (χ3n) is 4.29. The summed E-state index contributed by atoms with van der Waals surface area (Å²) in [6, 6.07) is 7.60. The van der Waals surface area contributed by atoms with Crippen molar-refractivity contribution in [3.05, 3.63) is 36.0 Å². The van der Waals surface area contributed by atoms with Gasteiger partial charge in [0.15, 0.2) is 5.78 Å². The first-order chi connectivity index (χ1) is 11.1. The lowest BCUT2D eigenvalue weighted by molar-refractivity contribution is -0.135. The summed E-state index contributed by atoms with van der Waals surface area (Å²) in [5.41, 5.74) is 1.52. The van der Waals surface area contributed by atoms with Crippen LogP contribution in [0.4, 0.5) is 0 Å². The maximum atomic E-state index is 12.5. The first-order valence-electron chi connectivity index (χ1n) is 7.66. The zero-order valence-corrected chi connectivity index (χ0v) is 13.1. The van der Waals surface area contributed by atoms with Crippen molar-refractivity contribution in [3.63, 3.8) is 0 Å². The SMILES string of the molecule is CC(=O)c1cn(CC(=O)N2CCN(C=O)CC2)c2ccccc12. The molecule has 120 valence electrons. The van der Waals surface area contributed by atoms with Gasteiger partial charge in [0, 0.05) is 48.8 Å². The first-order valence-corrected chi connectivity index (χ1v) is 7.66. The van der Waals surface area contributed by atoms with Crippen LogP contribution in [0.1, 0.15) is 17.3 Å². The predicted octanol–water partition coefficient (Wildman–Crippen LogP) is 1.14. The highest BCUT2D eigenvalue weighted by Gasteiger charge is 2.21. The molecule has 0 bridgehead atoms. The number of benzene rings is 1. The summed E-state index contributed by atoms with van der Waals surface area (Å²) in [5.74, 6) is -0.00148. The van der Waals surface area contributed by atoms with Crippen LogP contribution in [0, 0.1) is 0 Å². The van der Waals surface area contributed by atoms with E-state index in [9.17, 15) is 14.4 Å². The number of para-hydroxylation sites is 1. The van der Waals surface area contributed by atoms with Crippen LogP contribution in [0.3, 0.4) is 0 Å². The third kappa shape index (κ3) is 2.97. The van der Waals surface area contributed by atoms with Gasteiger partial charge in [0.1, 0.15) is 6.54 Å². The van der Waals surface area contributed by atoms with Gasteiger partial charge in [0.25, 0.3) is 0 Å². The van der Waals surface area contributed by atoms with Crippen molar-refractivity contribution in [3.8, 4) is 0 Å². The summed E-state index contributed by atoms with van der Waals surface area (Å²) in [5, 5.41) is 0.874. The summed E-state index contributed by atoms with van der Waals surface area (Å²) in [6.07, 6.45) is 2.58. The summed E-state index contributed by atoms with van der Waals surface area (Å²) < 4.78 is 1.83. The monoisotopic (exact) mass is 313 g/mol. The Balaban J connectivity index is 1.80. The summed E-state index contributed by atoms with van der Waals surface area (Å²) in [7, 11) is 0. The Morgan fingerprint density at radius 2 is 1.83 bits per heavy atom. The number of amides is 2. The van der Waals surface area contributed by atoms with E-state index < -0.39 is 0 Å². The van der Waals surface area contributed by atoms with Gasteiger partial charge in [0.2, 0.25) is 12.3 Å². The van der Waals surface area contributed by atoms with Gasteiger partial charge in [0.05, 0.1) is 0 Å². The van der Waals surface area contributed by atoms with Crippen molar-refractivity contribution in [2.24, 2.45) is 0 Å². The van der Waals surface area contributed by atoms with Gasteiger partial charge >= 0.3 is 0 Å². The molecule has 0 atom stereocenters. The van der Waals surface area contributed by atoms with Crippen LogP contribution in [0.15, 0.2) is 30.5 Å². The van der Waals surface area contributed by atoms with E-state index in [0.29, 0.717) is 31.7 Å². The molecule has 0 radical (unpaired) electrons. The lowest BCUT2D eigenvalue weighted by Crippen LogP contribution is -2.48. The largest absolute Gasteiger partial charge is 0.342 e. The molecule has 3 rings (SSSR count). The molecule has 0 N–H and O–H groups in total. The zero-order valence-electron chi connectivity index (χ0n) is 13.1. The number of hydrogen-bond donors (Lipinski definition) is 0. The van der Waals surface area contributed by atoms with Crippen LogP contribution < -0.4 is 0 Å². The first kappa shape index (κ1) is 15.3. The van der Waals surface area contributed by atoms with E-state index in [1.165, 1.54) is 6.92 Å². The summed E-state index contributed by atoms with van der Waals surface area (Å²) in [4.78, 5) is 38.4. The van der Waals surface area contributed by atoms with Gasteiger partial charge in [-0.05, 0) is 13.0 Å². The Morgan fingerprint density at radius 3 is 2.48 bits per heavy atom. The number of nitrogens with zero attached hydrogens (tertiary/aromatic N) is 3. The zero-order chi connectivity index (χ0) is 16.4. The number of carbonyl (C=O) groups is 3. The minimum absolute atomic E-state index is 0.00593. The van der Waals surface area contributed by atoms with Crippen molar-refractivity contribution in [1.82, 2.24) is 14.4 Å². The molecule has 6 nitrogen and oxygen atoms in total. The van der Waals surface area contributed by atoms with E-state index in [-0.39, 0.29) is 18.2 Å². The quantitative estimate of drug-likeness (QED) is 0.628. The molecule has 1 aliphatic rings. The van der Waals surface area contributed by atoms with Crippen molar-refractivity contribution in [2.75, 3.05) is 26.2 Å². The fraction of sp³-hybridized carbons (Fsp3) is 0.353. The van der Waals surface area contributed by atoms with Gasteiger partial charge in [-0.2, -0.15) is 0 Å². The van der Waals surface area contributed by atoms with E-state index in [4.69, 9.17) is 0 Å². The summed E-state index contributed by atoms with van der Waals surface area (Å²) in [6.45, 7) is 3.98. The van der Waals surface area contributed by atoms with Gasteiger partial charge < -0.3 is 14.4 Å². The smallest absolute Gasteiger partial charge is 0.242 e. The standard InChI is InChI=1S/C17H19N3O3/c1-13(22)15-10-20(16-5-3-2-4-14(15)16)11-17(23)19-8-6-18(12-21)7-9-19/h2-5,10,12H,6-9,11H2,1H3. The molecule has 1 aromatic carbocycles. The molecule has 1 aliphatic heterocycles. The highest BCUT2D eigenvalue weighted by Crippen LogP contribution is 2.22. The van der Waals surface area contributed by atoms with Crippen LogP contribution in [-0.4, -0.2) is 58.6 Å². The average molecular weight is 313 g/mol. The third-order valence-corrected chi connectivity index (χ3v) is 4.29. The van der Waals surface area contributed by atoms with E-state index in [1.807, 2.05) is 28.8 Å². The van der Waals surface area contributed by atoms with Crippen LogP contribution in [0.5, 0.6) is 0 Å². The minimum atomic E-state index is -0.00741. The molecular weight excluding hydrogens is 294 g/mol. The van der Waals surface area contributed by atoms with E-state index >= 15 is 0 Å². The number of carbonyl (C=O) groups excluding carboxylic acids is 3. The molecule has 0 spiro atoms. The fourth-order valence-electron chi connectivity index (χ4n) is 2.98. The Hall–Kier alpha value is -2.63. The molecule has 0 aliphatic carbocycles. The number of rotatable bonds is 4. The second-order valence-electron chi connectivity index (χ2n) is 5.77. The number of Topliss-reactive ketones (excluding diaryl/α,β-unsaturated/α-hetero) is 1. The van der Waals surface area contributed by atoms with Crippen molar-refractivity contribution in [2.45, 2.75) is 13.5 Å². The molecule has 6 heteroatoms. The number of hydrogen-bond acceptors (Lipinski definition) is 3. The van der Waals surface area contributed by atoms with Crippen LogP contribution in [0.2, 0.25) is 0 Å². The maximum absolute atomic E-state index is 12.5. The summed E-state index contributed by atoms with van der Waals surface area (Å²) >= 11 is 0. The number of aromatic nitrogens is 1. The predicted molar refractivity (Wildman–Crippen MR) is 86.2 cm³/mol. The lowest BCUT2D eigenvalue weighted by Gasteiger charge is -2.32. The van der Waals surface area contributed by atoms with Crippen LogP contribution in [-0.2, 0) is 16.1 Å². The Bertz CT molecular complexity index is 758. The number of fused-ring (bicyclic) bond motifs is 1. The van der Waals surface area contributed by atoms with E-state index in [2.05, 4.69) is 0 Å². The van der Waals surface area contributed by atoms with Crippen molar-refractivity contribution in [1.29, 1.82) is 0 Å². The maximum Gasteiger partial charge on any atom is 0.242 e. The molecule has 2 amide bonds. The molecule has 23 heavy (non-hydrogen) atoms.